The summed E-state index contributed by atoms with van der Waals surface area (Å²) in [7, 11) is 1.40. The Morgan fingerprint density at radius 2 is 2.04 bits per heavy atom. The summed E-state index contributed by atoms with van der Waals surface area (Å²) in [6, 6.07) is 6.44. The summed E-state index contributed by atoms with van der Waals surface area (Å²) in [5.74, 6) is -0.0291. The van der Waals surface area contributed by atoms with Gasteiger partial charge in [0, 0.05) is 11.1 Å². The van der Waals surface area contributed by atoms with Gasteiger partial charge in [-0.1, -0.05) is 44.2 Å². The van der Waals surface area contributed by atoms with Gasteiger partial charge in [0.1, 0.15) is 11.6 Å². The molecule has 1 aromatic heterocycles. The Bertz CT molecular complexity index is 692. The van der Waals surface area contributed by atoms with Crippen molar-refractivity contribution in [3.63, 3.8) is 0 Å². The number of nitrogens with one attached hydrogen (secondary N) is 1. The fourth-order valence-corrected chi connectivity index (χ4v) is 1.99. The summed E-state index contributed by atoms with van der Waals surface area (Å²) in [5, 5.41) is 12.0. The molecule has 0 aliphatic carbocycles. The van der Waals surface area contributed by atoms with Gasteiger partial charge >= 0.3 is 0 Å². The smallest absolute Gasteiger partial charge is 0.234 e. The van der Waals surface area contributed by atoms with E-state index in [4.69, 9.17) is 15.9 Å². The van der Waals surface area contributed by atoms with E-state index >= 15 is 0 Å². The number of halogens is 1. The second-order valence-corrected chi connectivity index (χ2v) is 4.43. The van der Waals surface area contributed by atoms with Crippen LogP contribution in [0.4, 0.5) is 10.2 Å². The van der Waals surface area contributed by atoms with Crippen LogP contribution in [0, 0.1) is 11.2 Å². The van der Waals surface area contributed by atoms with E-state index in [1.807, 2.05) is 20.8 Å². The number of nitrogens with two attached hydrogens (primary N) is 1. The molecular weight excluding hydrogens is 295 g/mol. The van der Waals surface area contributed by atoms with Crippen molar-refractivity contribution in [1.29, 1.82) is 5.41 Å². The SMILES string of the molecule is C/C=C\c1c(C(=N)OC)nn(Cc2ccccc2F)c1N.CC. The number of allylic oxidation sites excluding steroid dienone is 1. The van der Waals surface area contributed by atoms with Crippen LogP contribution in [0.25, 0.3) is 6.08 Å². The second-order valence-electron chi connectivity index (χ2n) is 4.43. The Hall–Kier alpha value is -2.63. The van der Waals surface area contributed by atoms with Crippen LogP contribution in [0.15, 0.2) is 30.3 Å². The highest BCUT2D eigenvalue weighted by Gasteiger charge is 2.18. The van der Waals surface area contributed by atoms with E-state index in [1.54, 1.807) is 30.4 Å². The molecule has 3 N–H and O–H groups in total. The number of hydrogen-bond donors (Lipinski definition) is 2. The fraction of sp³-hybridized carbons (Fsp3) is 0.294. The van der Waals surface area contributed by atoms with E-state index < -0.39 is 0 Å². The third-order valence-electron chi connectivity index (χ3n) is 3.06. The zero-order valence-electron chi connectivity index (χ0n) is 13.9. The van der Waals surface area contributed by atoms with E-state index in [-0.39, 0.29) is 18.3 Å². The Kier molecular flexibility index (Phi) is 6.99. The first-order chi connectivity index (χ1) is 11.1. The average molecular weight is 318 g/mol. The summed E-state index contributed by atoms with van der Waals surface area (Å²) in [4.78, 5) is 0. The number of rotatable bonds is 4. The molecule has 1 heterocycles. The lowest BCUT2D eigenvalue weighted by Gasteiger charge is -2.05. The molecule has 0 saturated carbocycles. The average Bonchev–Trinajstić information content (AvgIpc) is 2.88. The quantitative estimate of drug-likeness (QED) is 0.667. The minimum absolute atomic E-state index is 0.0814. The number of anilines is 1. The first kappa shape index (κ1) is 18.4. The number of methoxy groups -OCH3 is 1. The Balaban J connectivity index is 0.00000127. The predicted molar refractivity (Wildman–Crippen MR) is 92.0 cm³/mol. The van der Waals surface area contributed by atoms with Gasteiger partial charge in [0.15, 0.2) is 5.69 Å². The van der Waals surface area contributed by atoms with Crippen LogP contribution in [0.3, 0.4) is 0 Å². The second kappa shape index (κ2) is 8.73. The van der Waals surface area contributed by atoms with Gasteiger partial charge in [-0.25, -0.2) is 9.07 Å². The third-order valence-corrected chi connectivity index (χ3v) is 3.06. The molecule has 0 aliphatic rings. The molecule has 2 aromatic rings. The lowest BCUT2D eigenvalue weighted by atomic mass is 10.2. The van der Waals surface area contributed by atoms with Gasteiger partial charge in [0.25, 0.3) is 0 Å². The third kappa shape index (κ3) is 4.18. The van der Waals surface area contributed by atoms with Crippen LogP contribution in [-0.4, -0.2) is 22.8 Å². The van der Waals surface area contributed by atoms with Crippen molar-refractivity contribution in [3.8, 4) is 0 Å². The van der Waals surface area contributed by atoms with Gasteiger partial charge in [-0.2, -0.15) is 5.10 Å². The maximum Gasteiger partial charge on any atom is 0.234 e. The number of ether oxygens (including phenoxy) is 1. The van der Waals surface area contributed by atoms with Crippen molar-refractivity contribution in [2.45, 2.75) is 27.3 Å². The van der Waals surface area contributed by atoms with Crippen molar-refractivity contribution >= 4 is 17.8 Å². The van der Waals surface area contributed by atoms with Gasteiger partial charge in [0.05, 0.1) is 13.7 Å². The summed E-state index contributed by atoms with van der Waals surface area (Å²) in [6.07, 6.45) is 3.55. The molecule has 23 heavy (non-hydrogen) atoms. The lowest BCUT2D eigenvalue weighted by Crippen LogP contribution is -2.09. The zero-order chi connectivity index (χ0) is 17.4. The number of hydrogen-bond acceptors (Lipinski definition) is 4. The van der Waals surface area contributed by atoms with Gasteiger partial charge in [-0.15, -0.1) is 0 Å². The Morgan fingerprint density at radius 1 is 1.39 bits per heavy atom. The van der Waals surface area contributed by atoms with E-state index in [2.05, 4.69) is 5.10 Å². The van der Waals surface area contributed by atoms with Gasteiger partial charge in [0.2, 0.25) is 5.90 Å². The minimum atomic E-state index is -0.316. The molecule has 0 amide bonds. The molecule has 6 heteroatoms. The molecule has 2 rings (SSSR count). The van der Waals surface area contributed by atoms with Crippen LogP contribution < -0.4 is 5.73 Å². The molecule has 0 unspecified atom stereocenters. The number of aromatic nitrogens is 2. The molecule has 0 saturated heterocycles. The largest absolute Gasteiger partial charge is 0.480 e. The molecule has 0 aliphatic heterocycles. The predicted octanol–water partition coefficient (Wildman–Crippen LogP) is 3.68. The Labute approximate surface area is 136 Å². The topological polar surface area (TPSA) is 76.9 Å². The summed E-state index contributed by atoms with van der Waals surface area (Å²) >= 11 is 0. The monoisotopic (exact) mass is 318 g/mol. The minimum Gasteiger partial charge on any atom is -0.480 e. The van der Waals surface area contributed by atoms with E-state index in [0.717, 1.165) is 0 Å². The molecule has 124 valence electrons. The van der Waals surface area contributed by atoms with Crippen molar-refractivity contribution in [1.82, 2.24) is 9.78 Å². The van der Waals surface area contributed by atoms with E-state index in [0.29, 0.717) is 22.6 Å². The first-order valence-corrected chi connectivity index (χ1v) is 7.43. The van der Waals surface area contributed by atoms with Crippen molar-refractivity contribution < 1.29 is 9.13 Å². The molecule has 0 bridgehead atoms. The first-order valence-electron chi connectivity index (χ1n) is 7.43. The summed E-state index contributed by atoms with van der Waals surface area (Å²) in [6.45, 7) is 6.04. The van der Waals surface area contributed by atoms with Gasteiger partial charge in [-0.3, -0.25) is 5.41 Å². The van der Waals surface area contributed by atoms with Crippen LogP contribution in [0.2, 0.25) is 0 Å². The lowest BCUT2D eigenvalue weighted by molar-refractivity contribution is 0.398. The summed E-state index contributed by atoms with van der Waals surface area (Å²) in [5.41, 5.74) is 7.47. The van der Waals surface area contributed by atoms with Gasteiger partial charge < -0.3 is 10.5 Å². The molecule has 0 atom stereocenters. The molecule has 5 nitrogen and oxygen atoms in total. The van der Waals surface area contributed by atoms with E-state index in [9.17, 15) is 4.39 Å². The van der Waals surface area contributed by atoms with E-state index in [1.165, 1.54) is 17.9 Å². The van der Waals surface area contributed by atoms with Gasteiger partial charge in [-0.05, 0) is 13.0 Å². The number of nitrogens with zero attached hydrogens (tertiary/aromatic N) is 2. The van der Waals surface area contributed by atoms with Crippen molar-refractivity contribution in [3.05, 3.63) is 53.0 Å². The Morgan fingerprint density at radius 3 is 2.61 bits per heavy atom. The standard InChI is InChI=1S/C15H17FN4O.C2H6/c1-3-6-11-13(15(18)21-2)19-20(14(11)17)9-10-7-4-5-8-12(10)16;1-2/h3-8,18H,9,17H2,1-2H3;1-2H3/b6-3-,18-15?;. The fourth-order valence-electron chi connectivity index (χ4n) is 1.99. The van der Waals surface area contributed by atoms with Crippen LogP contribution in [-0.2, 0) is 11.3 Å². The highest BCUT2D eigenvalue weighted by atomic mass is 19.1. The molecular formula is C17H23FN4O. The maximum absolute atomic E-state index is 13.7. The van der Waals surface area contributed by atoms with Crippen molar-refractivity contribution in [2.24, 2.45) is 0 Å². The maximum atomic E-state index is 13.7. The highest BCUT2D eigenvalue weighted by Crippen LogP contribution is 2.21. The molecule has 0 fully saturated rings. The van der Waals surface area contributed by atoms with Crippen LogP contribution in [0.5, 0.6) is 0 Å². The molecule has 1 aromatic carbocycles. The number of benzene rings is 1. The zero-order valence-corrected chi connectivity index (χ0v) is 13.9. The highest BCUT2D eigenvalue weighted by molar-refractivity contribution is 5.95. The van der Waals surface area contributed by atoms with Crippen LogP contribution >= 0.6 is 0 Å². The summed E-state index contributed by atoms with van der Waals surface area (Å²) < 4.78 is 20.1. The van der Waals surface area contributed by atoms with Crippen LogP contribution in [0.1, 0.15) is 37.6 Å². The number of nitrogen functional groups attached to an aromatic ring is 1. The molecule has 0 spiro atoms. The van der Waals surface area contributed by atoms with Crippen molar-refractivity contribution in [2.75, 3.05) is 12.8 Å². The molecule has 0 radical (unpaired) electrons. The normalized spacial score (nSPS) is 10.3.